The number of carbonyl (C=O) groups is 1. The average Bonchev–Trinajstić information content (AvgIpc) is 2.37. The highest BCUT2D eigenvalue weighted by Crippen LogP contribution is 2.27. The third kappa shape index (κ3) is 4.63. The van der Waals surface area contributed by atoms with Crippen LogP contribution in [-0.2, 0) is 14.8 Å². The summed E-state index contributed by atoms with van der Waals surface area (Å²) in [6.07, 6.45) is 1.96. The van der Waals surface area contributed by atoms with Gasteiger partial charge in [-0.2, -0.15) is 0 Å². The molecule has 0 aliphatic rings. The second kappa shape index (κ2) is 7.83. The Kier molecular flexibility index (Phi) is 6.75. The Balaban J connectivity index is 2.70. The lowest BCUT2D eigenvalue weighted by Gasteiger charge is -2.18. The van der Waals surface area contributed by atoms with Crippen LogP contribution in [0.4, 0.5) is 0 Å². The van der Waals surface area contributed by atoms with Crippen LogP contribution in [0.3, 0.4) is 0 Å². The van der Waals surface area contributed by atoms with Crippen molar-refractivity contribution in [3.8, 4) is 0 Å². The normalized spacial score (nSPS) is 11.6. The van der Waals surface area contributed by atoms with E-state index in [0.29, 0.717) is 37.4 Å². The molecule has 0 aromatic heterocycles. The van der Waals surface area contributed by atoms with Crippen molar-refractivity contribution in [3.05, 3.63) is 28.2 Å². The second-order valence-electron chi connectivity index (χ2n) is 4.18. The minimum atomic E-state index is -3.63. The zero-order valence-electron chi connectivity index (χ0n) is 11.0. The number of hydrogen-bond donors (Lipinski definition) is 1. The number of amides is 1. The number of hydrogen-bond acceptors (Lipinski definition) is 3. The molecule has 0 aliphatic carbocycles. The number of halogens is 2. The Bertz CT molecular complexity index is 564. The highest BCUT2D eigenvalue weighted by Gasteiger charge is 2.23. The fraction of sp³-hybridized carbons (Fsp3) is 0.417. The van der Waals surface area contributed by atoms with Crippen molar-refractivity contribution >= 4 is 39.6 Å². The third-order valence-corrected chi connectivity index (χ3v) is 5.28. The van der Waals surface area contributed by atoms with Gasteiger partial charge in [-0.15, -0.1) is 0 Å². The van der Waals surface area contributed by atoms with Crippen molar-refractivity contribution in [1.29, 1.82) is 0 Å². The molecule has 20 heavy (non-hydrogen) atoms. The number of rotatable bonds is 8. The zero-order valence-corrected chi connectivity index (χ0v) is 13.3. The fourth-order valence-corrected chi connectivity index (χ4v) is 3.54. The first kappa shape index (κ1) is 17.2. The number of carbonyl (C=O) groups excluding carboxylic acids is 1. The molecule has 0 atom stereocenters. The van der Waals surface area contributed by atoms with Gasteiger partial charge in [0, 0.05) is 25.2 Å². The van der Waals surface area contributed by atoms with Crippen LogP contribution in [0.25, 0.3) is 0 Å². The molecule has 112 valence electrons. The van der Waals surface area contributed by atoms with E-state index in [9.17, 15) is 13.2 Å². The largest absolute Gasteiger partial charge is 0.359 e. The molecule has 0 radical (unpaired) electrons. The van der Waals surface area contributed by atoms with E-state index >= 15 is 0 Å². The van der Waals surface area contributed by atoms with E-state index in [1.165, 1.54) is 29.6 Å². The van der Waals surface area contributed by atoms with Crippen LogP contribution in [0.2, 0.25) is 10.0 Å². The molecule has 0 saturated heterocycles. The van der Waals surface area contributed by atoms with Crippen molar-refractivity contribution < 1.29 is 13.2 Å². The molecular weight excluding hydrogens is 323 g/mol. The molecule has 0 saturated carbocycles. The van der Waals surface area contributed by atoms with Gasteiger partial charge in [-0.25, -0.2) is 12.7 Å². The lowest BCUT2D eigenvalue weighted by atomic mass is 10.3. The average molecular weight is 339 g/mol. The van der Waals surface area contributed by atoms with Crippen LogP contribution < -0.4 is 5.32 Å². The predicted octanol–water partition coefficient (Wildman–Crippen LogP) is 2.14. The van der Waals surface area contributed by atoms with Gasteiger partial charge in [0.1, 0.15) is 4.90 Å². The molecule has 8 heteroatoms. The molecule has 0 unspecified atom stereocenters. The summed E-state index contributed by atoms with van der Waals surface area (Å²) in [7, 11) is -2.13. The van der Waals surface area contributed by atoms with E-state index in [-0.39, 0.29) is 9.92 Å². The van der Waals surface area contributed by atoms with Gasteiger partial charge >= 0.3 is 0 Å². The van der Waals surface area contributed by atoms with Crippen LogP contribution in [-0.4, -0.2) is 39.3 Å². The minimum absolute atomic E-state index is 0.0390. The smallest absolute Gasteiger partial charge is 0.244 e. The number of sulfonamides is 1. The highest BCUT2D eigenvalue weighted by molar-refractivity contribution is 7.89. The Morgan fingerprint density at radius 3 is 2.60 bits per heavy atom. The van der Waals surface area contributed by atoms with Crippen molar-refractivity contribution in [2.24, 2.45) is 0 Å². The van der Waals surface area contributed by atoms with Crippen LogP contribution >= 0.6 is 23.2 Å². The Morgan fingerprint density at radius 2 is 2.00 bits per heavy atom. The summed E-state index contributed by atoms with van der Waals surface area (Å²) in [4.78, 5) is 10.1. The second-order valence-corrected chi connectivity index (χ2v) is 7.04. The van der Waals surface area contributed by atoms with Crippen molar-refractivity contribution in [2.45, 2.75) is 17.7 Å². The molecule has 1 aromatic carbocycles. The van der Waals surface area contributed by atoms with Crippen molar-refractivity contribution in [1.82, 2.24) is 9.62 Å². The molecule has 0 aliphatic heterocycles. The van der Waals surface area contributed by atoms with Gasteiger partial charge < -0.3 is 5.32 Å². The minimum Gasteiger partial charge on any atom is -0.359 e. The molecule has 1 amide bonds. The van der Waals surface area contributed by atoms with Crippen LogP contribution in [0.15, 0.2) is 23.1 Å². The van der Waals surface area contributed by atoms with Crippen molar-refractivity contribution in [3.63, 3.8) is 0 Å². The zero-order chi connectivity index (χ0) is 15.2. The lowest BCUT2D eigenvalue weighted by Crippen LogP contribution is -2.28. The summed E-state index contributed by atoms with van der Waals surface area (Å²) >= 11 is 11.7. The van der Waals surface area contributed by atoms with E-state index < -0.39 is 10.0 Å². The lowest BCUT2D eigenvalue weighted by molar-refractivity contribution is -0.109. The predicted molar refractivity (Wildman–Crippen MR) is 79.6 cm³/mol. The monoisotopic (exact) mass is 338 g/mol. The van der Waals surface area contributed by atoms with Crippen LogP contribution in [0, 0.1) is 0 Å². The van der Waals surface area contributed by atoms with Crippen molar-refractivity contribution in [2.75, 3.05) is 20.1 Å². The molecule has 0 fully saturated rings. The van der Waals surface area contributed by atoms with E-state index in [1.54, 1.807) is 0 Å². The number of nitrogens with one attached hydrogen (secondary N) is 1. The molecule has 1 N–H and O–H groups in total. The summed E-state index contributed by atoms with van der Waals surface area (Å²) in [6.45, 7) is 0.876. The quantitative estimate of drug-likeness (QED) is 0.583. The number of nitrogens with zero attached hydrogens (tertiary/aromatic N) is 1. The maximum Gasteiger partial charge on any atom is 0.244 e. The first-order valence-electron chi connectivity index (χ1n) is 5.98. The SMILES string of the molecule is CN(CCCCNC=O)S(=O)(=O)c1ccc(Cl)cc1Cl. The van der Waals surface area contributed by atoms with Gasteiger partial charge in [-0.1, -0.05) is 23.2 Å². The number of unbranched alkanes of at least 4 members (excludes halogenated alkanes) is 1. The summed E-state index contributed by atoms with van der Waals surface area (Å²) in [6, 6.07) is 4.28. The molecule has 0 spiro atoms. The van der Waals surface area contributed by atoms with Gasteiger partial charge in [0.25, 0.3) is 0 Å². The standard InChI is InChI=1S/C12H16Cl2N2O3S/c1-16(7-3-2-6-15-9-17)20(18,19)12-5-4-10(13)8-11(12)14/h4-5,8-9H,2-3,6-7H2,1H3,(H,15,17). The Hall–Kier alpha value is -0.820. The van der Waals surface area contributed by atoms with Gasteiger partial charge in [-0.05, 0) is 31.0 Å². The summed E-state index contributed by atoms with van der Waals surface area (Å²) in [5.41, 5.74) is 0. The maximum atomic E-state index is 12.3. The third-order valence-electron chi connectivity index (χ3n) is 2.71. The number of benzene rings is 1. The first-order valence-corrected chi connectivity index (χ1v) is 8.17. The van der Waals surface area contributed by atoms with Gasteiger partial charge in [-0.3, -0.25) is 4.79 Å². The summed E-state index contributed by atoms with van der Waals surface area (Å²) in [5.74, 6) is 0. The molecule has 5 nitrogen and oxygen atoms in total. The summed E-state index contributed by atoms with van der Waals surface area (Å²) in [5, 5.41) is 3.01. The Morgan fingerprint density at radius 1 is 1.30 bits per heavy atom. The molecule has 1 aromatic rings. The maximum absolute atomic E-state index is 12.3. The van der Waals surface area contributed by atoms with Gasteiger partial charge in [0.15, 0.2) is 0 Å². The molecular formula is C12H16Cl2N2O3S. The van der Waals surface area contributed by atoms with Crippen LogP contribution in [0.1, 0.15) is 12.8 Å². The topological polar surface area (TPSA) is 66.5 Å². The first-order chi connectivity index (χ1) is 9.39. The van der Waals surface area contributed by atoms with Crippen LogP contribution in [0.5, 0.6) is 0 Å². The van der Waals surface area contributed by atoms with E-state index in [4.69, 9.17) is 23.2 Å². The fourth-order valence-electron chi connectivity index (χ4n) is 1.59. The highest BCUT2D eigenvalue weighted by atomic mass is 35.5. The van der Waals surface area contributed by atoms with Gasteiger partial charge in [0.05, 0.1) is 5.02 Å². The molecule has 0 heterocycles. The molecule has 1 rings (SSSR count). The summed E-state index contributed by atoms with van der Waals surface area (Å²) < 4.78 is 25.9. The van der Waals surface area contributed by atoms with Gasteiger partial charge in [0.2, 0.25) is 16.4 Å². The van der Waals surface area contributed by atoms with E-state index in [2.05, 4.69) is 5.32 Å². The van der Waals surface area contributed by atoms with E-state index in [1.807, 2.05) is 0 Å². The molecule has 0 bridgehead atoms. The Labute approximate surface area is 128 Å². The van der Waals surface area contributed by atoms with E-state index in [0.717, 1.165) is 0 Å².